The maximum Gasteiger partial charge on any atom is 0.326 e. The van der Waals surface area contributed by atoms with Gasteiger partial charge in [-0.15, -0.1) is 0 Å². The highest BCUT2D eigenvalue weighted by Gasteiger charge is 2.39. The van der Waals surface area contributed by atoms with E-state index in [1.165, 1.54) is 4.90 Å². The van der Waals surface area contributed by atoms with Crippen LogP contribution in [0.15, 0.2) is 6.07 Å². The molecule has 1 aromatic heterocycles. The third-order valence-electron chi connectivity index (χ3n) is 3.16. The zero-order valence-electron chi connectivity index (χ0n) is 10.7. The Kier molecular flexibility index (Phi) is 3.48. The number of amides is 1. The van der Waals surface area contributed by atoms with Crippen molar-refractivity contribution in [2.45, 2.75) is 32.4 Å². The van der Waals surface area contributed by atoms with Gasteiger partial charge in [-0.3, -0.25) is 4.79 Å². The molecule has 0 aliphatic carbocycles. The molecule has 19 heavy (non-hydrogen) atoms. The van der Waals surface area contributed by atoms with Gasteiger partial charge in [-0.05, 0) is 19.9 Å². The molecule has 0 radical (unpaired) electrons. The number of β-amino-alcohol motifs (C(OH)–C–C–N with tert-alkyl or cyclic N) is 1. The van der Waals surface area contributed by atoms with Crippen molar-refractivity contribution in [3.63, 3.8) is 0 Å². The fraction of sp³-hybridized carbons (Fsp3) is 0.500. The molecule has 1 amide bonds. The number of aliphatic hydroxyl groups excluding tert-OH is 1. The Morgan fingerprint density at radius 3 is 2.68 bits per heavy atom. The Labute approximate surface area is 109 Å². The fourth-order valence-electron chi connectivity index (χ4n) is 2.19. The number of hydrogen-bond donors (Lipinski definition) is 2. The van der Waals surface area contributed by atoms with E-state index in [0.29, 0.717) is 17.0 Å². The molecule has 0 saturated carbocycles. The van der Waals surface area contributed by atoms with Crippen molar-refractivity contribution in [2.24, 2.45) is 0 Å². The van der Waals surface area contributed by atoms with Gasteiger partial charge in [0.05, 0.1) is 23.1 Å². The Balaban J connectivity index is 2.33. The van der Waals surface area contributed by atoms with Crippen molar-refractivity contribution < 1.29 is 19.8 Å². The first kappa shape index (κ1) is 13.4. The van der Waals surface area contributed by atoms with Crippen molar-refractivity contribution in [1.82, 2.24) is 15.1 Å². The molecule has 102 valence electrons. The molecule has 2 N–H and O–H groups in total. The van der Waals surface area contributed by atoms with E-state index in [1.807, 2.05) is 0 Å². The van der Waals surface area contributed by atoms with Crippen molar-refractivity contribution in [2.75, 3.05) is 6.54 Å². The first-order valence-corrected chi connectivity index (χ1v) is 5.93. The Morgan fingerprint density at radius 1 is 1.37 bits per heavy atom. The number of aliphatic hydroxyl groups is 1. The van der Waals surface area contributed by atoms with Crippen molar-refractivity contribution >= 4 is 11.9 Å². The van der Waals surface area contributed by atoms with Crippen LogP contribution in [0.25, 0.3) is 0 Å². The number of carboxylic acid groups (broad SMARTS) is 1. The molecule has 1 saturated heterocycles. The molecule has 0 aromatic carbocycles. The highest BCUT2D eigenvalue weighted by Crippen LogP contribution is 2.21. The molecule has 2 heterocycles. The summed E-state index contributed by atoms with van der Waals surface area (Å²) in [6.45, 7) is 3.37. The van der Waals surface area contributed by atoms with E-state index in [-0.39, 0.29) is 13.0 Å². The highest BCUT2D eigenvalue weighted by atomic mass is 16.4. The lowest BCUT2D eigenvalue weighted by molar-refractivity contribution is -0.141. The molecule has 2 atom stereocenters. The summed E-state index contributed by atoms with van der Waals surface area (Å²) < 4.78 is 0. The normalized spacial score (nSPS) is 22.6. The Morgan fingerprint density at radius 2 is 2.05 bits per heavy atom. The van der Waals surface area contributed by atoms with Gasteiger partial charge >= 0.3 is 5.97 Å². The number of carbonyl (C=O) groups is 2. The zero-order valence-corrected chi connectivity index (χ0v) is 10.7. The topological polar surface area (TPSA) is 104 Å². The number of aryl methyl sites for hydroxylation is 2. The number of likely N-dealkylation sites (tertiary alicyclic amines) is 1. The summed E-state index contributed by atoms with van der Waals surface area (Å²) in [5.41, 5.74) is 1.36. The maximum atomic E-state index is 12.4. The van der Waals surface area contributed by atoms with E-state index in [9.17, 15) is 14.7 Å². The highest BCUT2D eigenvalue weighted by molar-refractivity contribution is 5.97. The molecule has 1 aromatic rings. The lowest BCUT2D eigenvalue weighted by atomic mass is 10.1. The zero-order chi connectivity index (χ0) is 14.2. The number of nitrogens with zero attached hydrogens (tertiary/aromatic N) is 3. The third-order valence-corrected chi connectivity index (χ3v) is 3.16. The van der Waals surface area contributed by atoms with Crippen LogP contribution in [0.3, 0.4) is 0 Å². The molecule has 0 unspecified atom stereocenters. The Bertz CT molecular complexity index is 532. The van der Waals surface area contributed by atoms with Crippen molar-refractivity contribution in [1.29, 1.82) is 0 Å². The predicted octanol–water partition coefficient (Wildman–Crippen LogP) is -0.247. The molecular formula is C12H15N3O4. The quantitative estimate of drug-likeness (QED) is 0.764. The third kappa shape index (κ3) is 2.55. The molecule has 0 bridgehead atoms. The smallest absolute Gasteiger partial charge is 0.326 e. The lowest BCUT2D eigenvalue weighted by Crippen LogP contribution is -2.41. The summed E-state index contributed by atoms with van der Waals surface area (Å²) in [5.74, 6) is -1.54. The van der Waals surface area contributed by atoms with Gasteiger partial charge in [0.1, 0.15) is 6.04 Å². The molecule has 1 aliphatic heterocycles. The van der Waals surface area contributed by atoms with Gasteiger partial charge in [0.2, 0.25) is 0 Å². The van der Waals surface area contributed by atoms with Crippen LogP contribution in [0.1, 0.15) is 28.2 Å². The molecule has 2 rings (SSSR count). The second kappa shape index (κ2) is 4.93. The Hall–Kier alpha value is -2.02. The van der Waals surface area contributed by atoms with Gasteiger partial charge in [-0.2, -0.15) is 10.2 Å². The van der Waals surface area contributed by atoms with Gasteiger partial charge in [-0.25, -0.2) is 4.79 Å². The SMILES string of the molecule is Cc1cc(C(=O)N2C[C@@H](O)C[C@H]2C(=O)O)c(C)nn1. The van der Waals surface area contributed by atoms with Crippen LogP contribution >= 0.6 is 0 Å². The molecule has 1 aliphatic rings. The van der Waals surface area contributed by atoms with E-state index in [2.05, 4.69) is 10.2 Å². The van der Waals surface area contributed by atoms with Gasteiger partial charge in [0, 0.05) is 13.0 Å². The van der Waals surface area contributed by atoms with Crippen LogP contribution in [0, 0.1) is 13.8 Å². The monoisotopic (exact) mass is 265 g/mol. The summed E-state index contributed by atoms with van der Waals surface area (Å²) in [7, 11) is 0. The number of carboxylic acids is 1. The van der Waals surface area contributed by atoms with E-state index in [1.54, 1.807) is 19.9 Å². The second-order valence-electron chi connectivity index (χ2n) is 4.69. The molecule has 1 fully saturated rings. The van der Waals surface area contributed by atoms with E-state index < -0.39 is 24.0 Å². The number of aromatic nitrogens is 2. The number of rotatable bonds is 2. The van der Waals surface area contributed by atoms with Crippen LogP contribution in [0.2, 0.25) is 0 Å². The summed E-state index contributed by atoms with van der Waals surface area (Å²) >= 11 is 0. The van der Waals surface area contributed by atoms with Crippen LogP contribution in [-0.4, -0.2) is 55.9 Å². The van der Waals surface area contributed by atoms with Crippen LogP contribution < -0.4 is 0 Å². The molecule has 7 nitrogen and oxygen atoms in total. The molecule has 0 spiro atoms. The first-order valence-electron chi connectivity index (χ1n) is 5.93. The fourth-order valence-corrected chi connectivity index (χ4v) is 2.19. The van der Waals surface area contributed by atoms with Gasteiger partial charge in [0.15, 0.2) is 0 Å². The maximum absolute atomic E-state index is 12.4. The minimum Gasteiger partial charge on any atom is -0.480 e. The lowest BCUT2D eigenvalue weighted by Gasteiger charge is -2.21. The summed E-state index contributed by atoms with van der Waals surface area (Å²) in [6.07, 6.45) is -0.751. The largest absolute Gasteiger partial charge is 0.480 e. The average molecular weight is 265 g/mol. The summed E-state index contributed by atoms with van der Waals surface area (Å²) in [6, 6.07) is 0.587. The van der Waals surface area contributed by atoms with Crippen molar-refractivity contribution in [3.8, 4) is 0 Å². The first-order chi connectivity index (χ1) is 8.90. The minimum atomic E-state index is -1.11. The molecular weight excluding hydrogens is 250 g/mol. The molecule has 7 heteroatoms. The number of hydrogen-bond acceptors (Lipinski definition) is 5. The van der Waals surface area contributed by atoms with Gasteiger partial charge in [0.25, 0.3) is 5.91 Å². The number of carbonyl (C=O) groups excluding carboxylic acids is 1. The second-order valence-corrected chi connectivity index (χ2v) is 4.69. The van der Waals surface area contributed by atoms with Gasteiger partial charge in [-0.1, -0.05) is 0 Å². The van der Waals surface area contributed by atoms with Crippen LogP contribution in [-0.2, 0) is 4.79 Å². The van der Waals surface area contributed by atoms with E-state index in [4.69, 9.17) is 5.11 Å². The van der Waals surface area contributed by atoms with Gasteiger partial charge < -0.3 is 15.1 Å². The van der Waals surface area contributed by atoms with Crippen LogP contribution in [0.4, 0.5) is 0 Å². The van der Waals surface area contributed by atoms with E-state index >= 15 is 0 Å². The predicted molar refractivity (Wildman–Crippen MR) is 64.6 cm³/mol. The number of aliphatic carboxylic acids is 1. The van der Waals surface area contributed by atoms with Crippen LogP contribution in [0.5, 0.6) is 0 Å². The van der Waals surface area contributed by atoms with E-state index in [0.717, 1.165) is 0 Å². The average Bonchev–Trinajstić information content (AvgIpc) is 2.74. The summed E-state index contributed by atoms with van der Waals surface area (Å²) in [5, 5.41) is 26.3. The summed E-state index contributed by atoms with van der Waals surface area (Å²) in [4.78, 5) is 24.7. The standard InChI is InChI=1S/C12H15N3O4/c1-6-3-9(7(2)14-13-6)11(17)15-5-8(16)4-10(15)12(18)19/h3,8,10,16H,4-5H2,1-2H3,(H,18,19)/t8-,10-/m0/s1. The van der Waals surface area contributed by atoms with Crippen molar-refractivity contribution in [3.05, 3.63) is 23.0 Å². The minimum absolute atomic E-state index is 0.0244.